The van der Waals surface area contributed by atoms with E-state index < -0.39 is 0 Å². The van der Waals surface area contributed by atoms with E-state index >= 15 is 0 Å². The van der Waals surface area contributed by atoms with Crippen molar-refractivity contribution in [2.24, 2.45) is 5.73 Å². The Morgan fingerprint density at radius 3 is 2.86 bits per heavy atom. The van der Waals surface area contributed by atoms with Crippen LogP contribution < -0.4 is 10.5 Å². The van der Waals surface area contributed by atoms with Crippen LogP contribution in [-0.2, 0) is 11.2 Å². The minimum atomic E-state index is 0.362. The van der Waals surface area contributed by atoms with Crippen molar-refractivity contribution in [3.8, 4) is 5.75 Å². The first-order chi connectivity index (χ1) is 10.3. The van der Waals surface area contributed by atoms with Gasteiger partial charge in [0.1, 0.15) is 5.75 Å². The molecule has 1 heterocycles. The van der Waals surface area contributed by atoms with Crippen LogP contribution in [0.5, 0.6) is 5.75 Å². The van der Waals surface area contributed by atoms with E-state index in [1.165, 1.54) is 17.5 Å². The molecule has 1 saturated heterocycles. The van der Waals surface area contributed by atoms with E-state index in [1.54, 1.807) is 7.11 Å². The van der Waals surface area contributed by atoms with Gasteiger partial charge in [-0.1, -0.05) is 6.07 Å². The SMILES string of the molecule is COc1ccc2c(c1)C(N1CCC(OC)CC1CN)CC2. The number of ether oxygens (including phenoxy) is 2. The van der Waals surface area contributed by atoms with Crippen LogP contribution in [0.3, 0.4) is 0 Å². The van der Waals surface area contributed by atoms with Gasteiger partial charge in [-0.05, 0) is 48.9 Å². The third-order valence-electron chi connectivity index (χ3n) is 5.12. The lowest BCUT2D eigenvalue weighted by atomic mass is 9.95. The minimum Gasteiger partial charge on any atom is -0.497 e. The zero-order valence-electron chi connectivity index (χ0n) is 13.0. The van der Waals surface area contributed by atoms with E-state index in [2.05, 4.69) is 23.1 Å². The molecule has 1 aromatic carbocycles. The molecule has 0 spiro atoms. The molecule has 4 nitrogen and oxygen atoms in total. The van der Waals surface area contributed by atoms with Crippen LogP contribution in [0.25, 0.3) is 0 Å². The van der Waals surface area contributed by atoms with E-state index in [9.17, 15) is 0 Å². The Kier molecular flexibility index (Phi) is 4.48. The van der Waals surface area contributed by atoms with Crippen LogP contribution >= 0.6 is 0 Å². The molecule has 2 aliphatic rings. The van der Waals surface area contributed by atoms with Gasteiger partial charge in [0.05, 0.1) is 13.2 Å². The van der Waals surface area contributed by atoms with Crippen molar-refractivity contribution in [2.45, 2.75) is 43.9 Å². The number of likely N-dealkylation sites (tertiary alicyclic amines) is 1. The quantitative estimate of drug-likeness (QED) is 0.923. The lowest BCUT2D eigenvalue weighted by Gasteiger charge is -2.42. The zero-order chi connectivity index (χ0) is 14.8. The molecular formula is C17H26N2O2. The molecule has 116 valence electrons. The van der Waals surface area contributed by atoms with Crippen molar-refractivity contribution >= 4 is 0 Å². The molecule has 4 heteroatoms. The molecule has 1 aliphatic heterocycles. The summed E-state index contributed by atoms with van der Waals surface area (Å²) in [5.41, 5.74) is 8.93. The smallest absolute Gasteiger partial charge is 0.119 e. The van der Waals surface area contributed by atoms with E-state index in [0.29, 0.717) is 24.7 Å². The van der Waals surface area contributed by atoms with Crippen LogP contribution in [0.15, 0.2) is 18.2 Å². The summed E-state index contributed by atoms with van der Waals surface area (Å²) in [5.74, 6) is 0.955. The number of nitrogens with two attached hydrogens (primary N) is 1. The molecular weight excluding hydrogens is 264 g/mol. The number of aryl methyl sites for hydroxylation is 1. The van der Waals surface area contributed by atoms with E-state index in [1.807, 2.05) is 7.11 Å². The maximum Gasteiger partial charge on any atom is 0.119 e. The first-order valence-corrected chi connectivity index (χ1v) is 7.92. The summed E-state index contributed by atoms with van der Waals surface area (Å²) >= 11 is 0. The first kappa shape index (κ1) is 14.8. The molecule has 1 fully saturated rings. The summed E-state index contributed by atoms with van der Waals surface area (Å²) in [4.78, 5) is 2.60. The molecule has 1 aliphatic carbocycles. The molecule has 0 aromatic heterocycles. The summed E-state index contributed by atoms with van der Waals surface area (Å²) in [6.07, 6.45) is 4.86. The summed E-state index contributed by atoms with van der Waals surface area (Å²) in [7, 11) is 3.54. The number of hydrogen-bond donors (Lipinski definition) is 1. The van der Waals surface area contributed by atoms with Crippen molar-refractivity contribution < 1.29 is 9.47 Å². The average Bonchev–Trinajstić information content (AvgIpc) is 2.96. The standard InChI is InChI=1S/C17H26N2O2/c1-20-14-5-3-12-4-6-17(16(12)10-14)19-8-7-15(21-2)9-13(19)11-18/h3,5,10,13,15,17H,4,6-9,11,18H2,1-2H3. The van der Waals surface area contributed by atoms with E-state index in [0.717, 1.165) is 31.6 Å². The second-order valence-corrected chi connectivity index (χ2v) is 6.13. The van der Waals surface area contributed by atoms with Gasteiger partial charge in [0.15, 0.2) is 0 Å². The van der Waals surface area contributed by atoms with Gasteiger partial charge in [0, 0.05) is 32.3 Å². The number of fused-ring (bicyclic) bond motifs is 1. The highest BCUT2D eigenvalue weighted by atomic mass is 16.5. The lowest BCUT2D eigenvalue weighted by molar-refractivity contribution is -0.00453. The maximum absolute atomic E-state index is 6.03. The Bertz CT molecular complexity index is 492. The Balaban J connectivity index is 1.82. The summed E-state index contributed by atoms with van der Waals surface area (Å²) in [6.45, 7) is 1.78. The Morgan fingerprint density at radius 2 is 2.14 bits per heavy atom. The van der Waals surface area contributed by atoms with Crippen LogP contribution in [0.4, 0.5) is 0 Å². The van der Waals surface area contributed by atoms with Crippen molar-refractivity contribution in [3.63, 3.8) is 0 Å². The summed E-state index contributed by atoms with van der Waals surface area (Å²) < 4.78 is 10.9. The second-order valence-electron chi connectivity index (χ2n) is 6.13. The normalized spacial score (nSPS) is 29.4. The van der Waals surface area contributed by atoms with Crippen LogP contribution in [-0.4, -0.2) is 44.4 Å². The van der Waals surface area contributed by atoms with Gasteiger partial charge < -0.3 is 15.2 Å². The fourth-order valence-corrected chi connectivity index (χ4v) is 3.92. The van der Waals surface area contributed by atoms with Gasteiger partial charge in [-0.15, -0.1) is 0 Å². The molecule has 3 unspecified atom stereocenters. The highest BCUT2D eigenvalue weighted by Gasteiger charge is 2.36. The number of piperidine rings is 1. The molecule has 2 N–H and O–H groups in total. The molecule has 1 aromatic rings. The lowest BCUT2D eigenvalue weighted by Crippen LogP contribution is -2.49. The molecule has 0 radical (unpaired) electrons. The largest absolute Gasteiger partial charge is 0.497 e. The monoisotopic (exact) mass is 290 g/mol. The number of methoxy groups -OCH3 is 2. The second kappa shape index (κ2) is 6.34. The molecule has 0 saturated carbocycles. The van der Waals surface area contributed by atoms with Crippen molar-refractivity contribution in [1.82, 2.24) is 4.90 Å². The fourth-order valence-electron chi connectivity index (χ4n) is 3.92. The predicted molar refractivity (Wildman–Crippen MR) is 83.6 cm³/mol. The van der Waals surface area contributed by atoms with E-state index in [4.69, 9.17) is 15.2 Å². The minimum absolute atomic E-state index is 0.362. The van der Waals surface area contributed by atoms with Crippen molar-refractivity contribution in [2.75, 3.05) is 27.3 Å². The third-order valence-corrected chi connectivity index (χ3v) is 5.12. The van der Waals surface area contributed by atoms with Gasteiger partial charge in [-0.3, -0.25) is 4.90 Å². The van der Waals surface area contributed by atoms with Gasteiger partial charge in [-0.2, -0.15) is 0 Å². The maximum atomic E-state index is 6.03. The van der Waals surface area contributed by atoms with Gasteiger partial charge in [0.2, 0.25) is 0 Å². The molecule has 3 rings (SSSR count). The zero-order valence-corrected chi connectivity index (χ0v) is 13.0. The van der Waals surface area contributed by atoms with E-state index in [-0.39, 0.29) is 0 Å². The Labute approximate surface area is 127 Å². The van der Waals surface area contributed by atoms with Crippen molar-refractivity contribution in [3.05, 3.63) is 29.3 Å². The fraction of sp³-hybridized carbons (Fsp3) is 0.647. The van der Waals surface area contributed by atoms with Crippen LogP contribution in [0.2, 0.25) is 0 Å². The molecule has 3 atom stereocenters. The Morgan fingerprint density at radius 1 is 1.29 bits per heavy atom. The highest BCUT2D eigenvalue weighted by molar-refractivity contribution is 5.41. The average molecular weight is 290 g/mol. The third kappa shape index (κ3) is 2.80. The van der Waals surface area contributed by atoms with Crippen LogP contribution in [0.1, 0.15) is 36.4 Å². The van der Waals surface area contributed by atoms with Gasteiger partial charge >= 0.3 is 0 Å². The molecule has 0 amide bonds. The van der Waals surface area contributed by atoms with Crippen LogP contribution in [0, 0.1) is 0 Å². The molecule has 21 heavy (non-hydrogen) atoms. The number of hydrogen-bond acceptors (Lipinski definition) is 4. The number of benzene rings is 1. The number of nitrogens with zero attached hydrogens (tertiary/aromatic N) is 1. The summed E-state index contributed by atoms with van der Waals surface area (Å²) in [6, 6.07) is 7.40. The van der Waals surface area contributed by atoms with Gasteiger partial charge in [-0.25, -0.2) is 0 Å². The molecule has 0 bridgehead atoms. The van der Waals surface area contributed by atoms with Crippen molar-refractivity contribution in [1.29, 1.82) is 0 Å². The topological polar surface area (TPSA) is 47.7 Å². The van der Waals surface area contributed by atoms with Gasteiger partial charge in [0.25, 0.3) is 0 Å². The first-order valence-electron chi connectivity index (χ1n) is 7.92. The number of rotatable bonds is 4. The summed E-state index contributed by atoms with van der Waals surface area (Å²) in [5, 5.41) is 0. The highest BCUT2D eigenvalue weighted by Crippen LogP contribution is 2.40. The Hall–Kier alpha value is -1.10. The predicted octanol–water partition coefficient (Wildman–Crippen LogP) is 2.12.